The van der Waals surface area contributed by atoms with E-state index in [2.05, 4.69) is 0 Å². The summed E-state index contributed by atoms with van der Waals surface area (Å²) in [5.74, 6) is -0.228. The van der Waals surface area contributed by atoms with Crippen LogP contribution >= 0.6 is 0 Å². The molecule has 0 fully saturated rings. The third-order valence-electron chi connectivity index (χ3n) is 2.11. The van der Waals surface area contributed by atoms with E-state index in [1.807, 2.05) is 13.8 Å². The van der Waals surface area contributed by atoms with Gasteiger partial charge in [-0.15, -0.1) is 0 Å². The van der Waals surface area contributed by atoms with Gasteiger partial charge < -0.3 is 18.9 Å². The number of carbonyl (C=O) groups excluding carboxylic acids is 1. The van der Waals surface area contributed by atoms with Gasteiger partial charge in [-0.3, -0.25) is 4.79 Å². The van der Waals surface area contributed by atoms with Crippen molar-refractivity contribution in [3.8, 4) is 0 Å². The van der Waals surface area contributed by atoms with Crippen molar-refractivity contribution >= 4 is 5.97 Å². The fourth-order valence-corrected chi connectivity index (χ4v) is 1.14. The summed E-state index contributed by atoms with van der Waals surface area (Å²) < 4.78 is 21.1. The lowest BCUT2D eigenvalue weighted by atomic mass is 10.4. The molecule has 0 saturated carbocycles. The van der Waals surface area contributed by atoms with E-state index in [0.717, 1.165) is 12.8 Å². The molecule has 0 aromatic rings. The van der Waals surface area contributed by atoms with Crippen LogP contribution in [0.1, 0.15) is 40.0 Å². The van der Waals surface area contributed by atoms with Crippen LogP contribution in [0, 0.1) is 0 Å². The number of carbonyl (C=O) groups is 1. The number of ether oxygens (including phenoxy) is 4. The van der Waals surface area contributed by atoms with Crippen molar-refractivity contribution in [2.24, 2.45) is 0 Å². The average molecular weight is 262 g/mol. The van der Waals surface area contributed by atoms with Gasteiger partial charge in [-0.05, 0) is 12.8 Å². The molecule has 5 nitrogen and oxygen atoms in total. The van der Waals surface area contributed by atoms with E-state index in [-0.39, 0.29) is 25.5 Å². The van der Waals surface area contributed by atoms with Crippen molar-refractivity contribution in [3.63, 3.8) is 0 Å². The number of hydrogen-bond donors (Lipinski definition) is 0. The minimum atomic E-state index is -0.260. The Hall–Kier alpha value is -0.650. The topological polar surface area (TPSA) is 54.0 Å². The van der Waals surface area contributed by atoms with E-state index in [1.165, 1.54) is 0 Å². The molecule has 0 aliphatic heterocycles. The summed E-state index contributed by atoms with van der Waals surface area (Å²) in [5.41, 5.74) is 0. The van der Waals surface area contributed by atoms with Crippen LogP contribution in [0.25, 0.3) is 0 Å². The molecule has 0 aromatic carbocycles. The Morgan fingerprint density at radius 2 is 1.67 bits per heavy atom. The zero-order chi connectivity index (χ0) is 13.6. The Labute approximate surface area is 110 Å². The van der Waals surface area contributed by atoms with Crippen LogP contribution in [0.2, 0.25) is 0 Å². The Balaban J connectivity index is 3.79. The van der Waals surface area contributed by atoms with Gasteiger partial charge in [0.1, 0.15) is 19.5 Å². The summed E-state index contributed by atoms with van der Waals surface area (Å²) in [4.78, 5) is 11.1. The third kappa shape index (κ3) is 10.5. The molecule has 0 aromatic heterocycles. The Bertz CT molecular complexity index is 196. The maximum atomic E-state index is 11.1. The van der Waals surface area contributed by atoms with Crippen LogP contribution in [0.15, 0.2) is 0 Å². The van der Waals surface area contributed by atoms with Gasteiger partial charge in [-0.1, -0.05) is 20.8 Å². The van der Waals surface area contributed by atoms with E-state index in [0.29, 0.717) is 26.2 Å². The number of hydrogen-bond acceptors (Lipinski definition) is 5. The molecule has 0 spiro atoms. The fourth-order valence-electron chi connectivity index (χ4n) is 1.14. The summed E-state index contributed by atoms with van der Waals surface area (Å²) in [6.07, 6.45) is 2.01. The van der Waals surface area contributed by atoms with Gasteiger partial charge in [0.2, 0.25) is 0 Å². The molecule has 18 heavy (non-hydrogen) atoms. The second-order valence-electron chi connectivity index (χ2n) is 3.93. The van der Waals surface area contributed by atoms with Crippen LogP contribution in [0.4, 0.5) is 0 Å². The molecule has 0 heterocycles. The molecule has 1 atom stereocenters. The first-order valence-corrected chi connectivity index (χ1v) is 6.67. The third-order valence-corrected chi connectivity index (χ3v) is 2.11. The highest BCUT2D eigenvalue weighted by Gasteiger charge is 2.12. The lowest BCUT2D eigenvalue weighted by Gasteiger charge is -2.17. The van der Waals surface area contributed by atoms with Crippen molar-refractivity contribution in [2.75, 3.05) is 33.2 Å². The molecule has 5 heteroatoms. The highest BCUT2D eigenvalue weighted by atomic mass is 16.7. The molecule has 1 unspecified atom stereocenters. The second kappa shape index (κ2) is 12.8. The normalized spacial score (nSPS) is 12.4. The second-order valence-corrected chi connectivity index (χ2v) is 3.93. The number of esters is 1. The predicted octanol–water partition coefficient (Wildman–Crippen LogP) is 2.14. The van der Waals surface area contributed by atoms with Gasteiger partial charge in [0.15, 0.2) is 0 Å². The summed E-state index contributed by atoms with van der Waals surface area (Å²) >= 11 is 0. The van der Waals surface area contributed by atoms with Gasteiger partial charge in [0.25, 0.3) is 0 Å². The van der Waals surface area contributed by atoms with Gasteiger partial charge in [-0.25, -0.2) is 0 Å². The lowest BCUT2D eigenvalue weighted by molar-refractivity contribution is -0.158. The molecular formula is C13H26O5. The molecule has 0 aliphatic rings. The molecular weight excluding hydrogens is 236 g/mol. The summed E-state index contributed by atoms with van der Waals surface area (Å²) in [6.45, 7) is 8.01. The molecule has 0 amide bonds. The van der Waals surface area contributed by atoms with E-state index < -0.39 is 0 Å². The first kappa shape index (κ1) is 17.4. The molecule has 0 radical (unpaired) electrons. The van der Waals surface area contributed by atoms with Crippen LogP contribution in [0.3, 0.4) is 0 Å². The number of rotatable bonds is 12. The van der Waals surface area contributed by atoms with Gasteiger partial charge in [0.05, 0.1) is 6.61 Å². The Kier molecular flexibility index (Phi) is 12.3. The van der Waals surface area contributed by atoms with Crippen molar-refractivity contribution in [3.05, 3.63) is 0 Å². The minimum absolute atomic E-state index is 0.206. The maximum Gasteiger partial charge on any atom is 0.305 e. The molecule has 0 rings (SSSR count). The van der Waals surface area contributed by atoms with Gasteiger partial charge >= 0.3 is 5.97 Å². The quantitative estimate of drug-likeness (QED) is 0.306. The van der Waals surface area contributed by atoms with Crippen LogP contribution in [-0.4, -0.2) is 45.3 Å². The summed E-state index contributed by atoms with van der Waals surface area (Å²) in [7, 11) is 0. The first-order chi connectivity index (χ1) is 8.74. The Morgan fingerprint density at radius 3 is 2.28 bits per heavy atom. The van der Waals surface area contributed by atoms with Gasteiger partial charge in [0, 0.05) is 19.6 Å². The summed E-state index contributed by atoms with van der Waals surface area (Å²) in [5, 5.41) is 0. The Morgan fingerprint density at radius 1 is 1.00 bits per heavy atom. The van der Waals surface area contributed by atoms with Crippen molar-refractivity contribution in [1.82, 2.24) is 0 Å². The van der Waals surface area contributed by atoms with Gasteiger partial charge in [-0.2, -0.15) is 0 Å². The zero-order valence-electron chi connectivity index (χ0n) is 11.8. The average Bonchev–Trinajstić information content (AvgIpc) is 2.39. The monoisotopic (exact) mass is 262 g/mol. The maximum absolute atomic E-state index is 11.1. The standard InChI is InChI=1S/C13H26O5/c1-4-7-15-9-12(10-17-13(14)6-3)18-11-16-8-5-2/h12H,4-11H2,1-3H3. The van der Waals surface area contributed by atoms with E-state index in [9.17, 15) is 4.79 Å². The molecule has 0 saturated heterocycles. The van der Waals surface area contributed by atoms with E-state index in [1.54, 1.807) is 6.92 Å². The SMILES string of the molecule is CCCOCOC(COCCC)COC(=O)CC. The van der Waals surface area contributed by atoms with E-state index >= 15 is 0 Å². The van der Waals surface area contributed by atoms with Crippen molar-refractivity contribution < 1.29 is 23.7 Å². The minimum Gasteiger partial charge on any atom is -0.463 e. The molecule has 108 valence electrons. The first-order valence-electron chi connectivity index (χ1n) is 6.67. The highest BCUT2D eigenvalue weighted by molar-refractivity contribution is 5.68. The van der Waals surface area contributed by atoms with Crippen molar-refractivity contribution in [1.29, 1.82) is 0 Å². The molecule has 0 aliphatic carbocycles. The molecule has 0 N–H and O–H groups in total. The predicted molar refractivity (Wildman–Crippen MR) is 68.3 cm³/mol. The largest absolute Gasteiger partial charge is 0.463 e. The van der Waals surface area contributed by atoms with Crippen LogP contribution < -0.4 is 0 Å². The van der Waals surface area contributed by atoms with Crippen molar-refractivity contribution in [2.45, 2.75) is 46.1 Å². The van der Waals surface area contributed by atoms with Crippen LogP contribution in [0.5, 0.6) is 0 Å². The van der Waals surface area contributed by atoms with E-state index in [4.69, 9.17) is 18.9 Å². The fraction of sp³-hybridized carbons (Fsp3) is 0.923. The lowest BCUT2D eigenvalue weighted by Crippen LogP contribution is -2.28. The smallest absolute Gasteiger partial charge is 0.305 e. The highest BCUT2D eigenvalue weighted by Crippen LogP contribution is 1.99. The molecule has 0 bridgehead atoms. The van der Waals surface area contributed by atoms with Crippen LogP contribution in [-0.2, 0) is 23.7 Å². The zero-order valence-corrected chi connectivity index (χ0v) is 11.8. The summed E-state index contributed by atoms with van der Waals surface area (Å²) in [6, 6.07) is 0.